The van der Waals surface area contributed by atoms with Gasteiger partial charge in [0.25, 0.3) is 10.1 Å². The number of amides is 2. The van der Waals surface area contributed by atoms with E-state index in [1.165, 1.54) is 6.07 Å². The second-order valence-corrected chi connectivity index (χ2v) is 10.7. The van der Waals surface area contributed by atoms with Gasteiger partial charge < -0.3 is 15.4 Å². The van der Waals surface area contributed by atoms with Crippen LogP contribution in [-0.4, -0.2) is 30.8 Å². The van der Waals surface area contributed by atoms with Crippen LogP contribution >= 0.6 is 0 Å². The zero-order chi connectivity index (χ0) is 27.7. The van der Waals surface area contributed by atoms with Crippen molar-refractivity contribution in [1.29, 1.82) is 0 Å². The molecule has 0 aliphatic heterocycles. The first-order valence-corrected chi connectivity index (χ1v) is 15.0. The van der Waals surface area contributed by atoms with E-state index < -0.39 is 32.6 Å². The van der Waals surface area contributed by atoms with Gasteiger partial charge >= 0.3 is 5.97 Å². The van der Waals surface area contributed by atoms with E-state index in [-0.39, 0.29) is 36.5 Å². The van der Waals surface area contributed by atoms with Crippen molar-refractivity contribution in [2.45, 2.75) is 122 Å². The molecule has 3 N–H and O–H groups in total. The monoisotopic (exact) mass is 540 g/mol. The van der Waals surface area contributed by atoms with Crippen LogP contribution in [0.5, 0.6) is 5.75 Å². The van der Waals surface area contributed by atoms with Crippen molar-refractivity contribution in [3.63, 3.8) is 0 Å². The average molecular weight is 541 g/mol. The minimum Gasteiger partial charge on any atom is -0.423 e. The summed E-state index contributed by atoms with van der Waals surface area (Å²) in [7, 11) is -4.80. The Bertz CT molecular complexity index is 977. The molecule has 10 heteroatoms. The molecule has 2 amide bonds. The van der Waals surface area contributed by atoms with Gasteiger partial charge in [0.05, 0.1) is 5.69 Å². The molecule has 0 aliphatic carbocycles. The second kappa shape index (κ2) is 17.9. The van der Waals surface area contributed by atoms with Gasteiger partial charge in [0, 0.05) is 19.3 Å². The molecular weight excluding hydrogens is 496 g/mol. The van der Waals surface area contributed by atoms with E-state index in [1.807, 2.05) is 13.8 Å². The lowest BCUT2D eigenvalue weighted by Crippen LogP contribution is -2.20. The van der Waals surface area contributed by atoms with E-state index in [4.69, 9.17) is 4.74 Å². The number of hydrogen-bond acceptors (Lipinski definition) is 6. The Labute approximate surface area is 221 Å². The standard InChI is InChI=1S/C27H44N2O7S/c1-4-7-10-11-12-15-17-23(30)28-21-19-20-22(37(33,34)35)27(36-25(32)18-14-9-6-3)26(21)29-24(31)16-13-8-5-2/h19-20H,4-18H2,1-3H3,(H,28,30)(H,29,31)(H,33,34,35). The summed E-state index contributed by atoms with van der Waals surface area (Å²) in [6.45, 7) is 6.12. The van der Waals surface area contributed by atoms with Gasteiger partial charge in [-0.1, -0.05) is 78.6 Å². The number of hydrogen-bond donors (Lipinski definition) is 3. The topological polar surface area (TPSA) is 139 Å². The molecule has 0 saturated heterocycles. The maximum absolute atomic E-state index is 12.7. The smallest absolute Gasteiger partial charge is 0.311 e. The van der Waals surface area contributed by atoms with E-state index in [2.05, 4.69) is 17.6 Å². The van der Waals surface area contributed by atoms with Crippen LogP contribution in [0.3, 0.4) is 0 Å². The van der Waals surface area contributed by atoms with Crippen molar-refractivity contribution >= 4 is 39.3 Å². The number of carbonyl (C=O) groups is 3. The molecule has 0 radical (unpaired) electrons. The first-order chi connectivity index (χ1) is 17.6. The number of unbranched alkanes of at least 4 members (excludes halogenated alkanes) is 9. The summed E-state index contributed by atoms with van der Waals surface area (Å²) in [4.78, 5) is 37.1. The largest absolute Gasteiger partial charge is 0.423 e. The fourth-order valence-electron chi connectivity index (χ4n) is 3.80. The third-order valence-corrected chi connectivity index (χ3v) is 6.78. The van der Waals surface area contributed by atoms with Crippen LogP contribution in [0.15, 0.2) is 17.0 Å². The van der Waals surface area contributed by atoms with Gasteiger partial charge in [-0.2, -0.15) is 8.42 Å². The highest BCUT2D eigenvalue weighted by Crippen LogP contribution is 2.39. The lowest BCUT2D eigenvalue weighted by atomic mass is 10.1. The van der Waals surface area contributed by atoms with Gasteiger partial charge in [0.1, 0.15) is 10.6 Å². The molecule has 0 heterocycles. The van der Waals surface area contributed by atoms with Crippen LogP contribution in [0.4, 0.5) is 11.4 Å². The molecule has 0 unspecified atom stereocenters. The van der Waals surface area contributed by atoms with Gasteiger partial charge in [-0.15, -0.1) is 0 Å². The van der Waals surface area contributed by atoms with Crippen LogP contribution < -0.4 is 15.4 Å². The zero-order valence-electron chi connectivity index (χ0n) is 22.6. The van der Waals surface area contributed by atoms with Crippen molar-refractivity contribution in [2.75, 3.05) is 10.6 Å². The van der Waals surface area contributed by atoms with Gasteiger partial charge in [-0.3, -0.25) is 18.9 Å². The molecule has 0 atom stereocenters. The Hall–Kier alpha value is -2.46. The highest BCUT2D eigenvalue weighted by molar-refractivity contribution is 7.86. The first kappa shape index (κ1) is 32.6. The molecule has 0 bridgehead atoms. The summed E-state index contributed by atoms with van der Waals surface area (Å²) in [5, 5.41) is 5.32. The Balaban J connectivity index is 3.24. The Morgan fingerprint density at radius 2 is 1.22 bits per heavy atom. The predicted molar refractivity (Wildman–Crippen MR) is 145 cm³/mol. The van der Waals surface area contributed by atoms with Crippen LogP contribution in [0.1, 0.15) is 117 Å². The van der Waals surface area contributed by atoms with Crippen LogP contribution in [-0.2, 0) is 24.5 Å². The summed E-state index contributed by atoms with van der Waals surface area (Å²) in [5.74, 6) is -1.92. The lowest BCUT2D eigenvalue weighted by molar-refractivity contribution is -0.134. The highest BCUT2D eigenvalue weighted by atomic mass is 32.2. The molecule has 1 aromatic carbocycles. The number of rotatable bonds is 19. The van der Waals surface area contributed by atoms with E-state index in [0.717, 1.165) is 63.9 Å². The summed E-state index contributed by atoms with van der Waals surface area (Å²) in [5.41, 5.74) is -0.0552. The Morgan fingerprint density at radius 1 is 0.730 bits per heavy atom. The third kappa shape index (κ3) is 13.1. The molecule has 1 rings (SSSR count). The highest BCUT2D eigenvalue weighted by Gasteiger charge is 2.26. The number of nitrogens with one attached hydrogen (secondary N) is 2. The Morgan fingerprint density at radius 3 is 1.81 bits per heavy atom. The second-order valence-electron chi connectivity index (χ2n) is 9.29. The van der Waals surface area contributed by atoms with Gasteiger partial charge in [0.15, 0.2) is 5.75 Å². The zero-order valence-corrected chi connectivity index (χ0v) is 23.4. The number of esters is 1. The van der Waals surface area contributed by atoms with E-state index in [9.17, 15) is 27.4 Å². The van der Waals surface area contributed by atoms with Crippen molar-refractivity contribution in [2.24, 2.45) is 0 Å². The van der Waals surface area contributed by atoms with Crippen LogP contribution in [0.2, 0.25) is 0 Å². The van der Waals surface area contributed by atoms with E-state index in [0.29, 0.717) is 19.3 Å². The summed E-state index contributed by atoms with van der Waals surface area (Å²) < 4.78 is 39.4. The fraction of sp³-hybridized carbons (Fsp3) is 0.667. The number of ether oxygens (including phenoxy) is 1. The maximum atomic E-state index is 12.7. The first-order valence-electron chi connectivity index (χ1n) is 13.6. The summed E-state index contributed by atoms with van der Waals surface area (Å²) in [6, 6.07) is 2.33. The average Bonchev–Trinajstić information content (AvgIpc) is 2.83. The van der Waals surface area contributed by atoms with E-state index >= 15 is 0 Å². The molecule has 0 aliphatic rings. The van der Waals surface area contributed by atoms with Crippen LogP contribution in [0, 0.1) is 0 Å². The van der Waals surface area contributed by atoms with Crippen LogP contribution in [0.25, 0.3) is 0 Å². The van der Waals surface area contributed by atoms with Crippen molar-refractivity contribution in [3.8, 4) is 5.75 Å². The number of carbonyl (C=O) groups excluding carboxylic acids is 3. The molecule has 0 saturated carbocycles. The maximum Gasteiger partial charge on any atom is 0.311 e. The normalized spacial score (nSPS) is 11.2. The van der Waals surface area contributed by atoms with Crippen molar-refractivity contribution < 1.29 is 32.1 Å². The van der Waals surface area contributed by atoms with Gasteiger partial charge in [-0.05, 0) is 31.4 Å². The molecule has 0 fully saturated rings. The minimum absolute atomic E-state index is 0.0389. The molecular formula is C27H44N2O7S. The molecule has 37 heavy (non-hydrogen) atoms. The minimum atomic E-state index is -4.80. The van der Waals surface area contributed by atoms with Crippen molar-refractivity contribution in [1.82, 2.24) is 0 Å². The molecule has 0 spiro atoms. The van der Waals surface area contributed by atoms with Gasteiger partial charge in [-0.25, -0.2) is 0 Å². The quantitative estimate of drug-likeness (QED) is 0.0774. The van der Waals surface area contributed by atoms with Gasteiger partial charge in [0.2, 0.25) is 11.8 Å². The molecule has 0 aromatic heterocycles. The van der Waals surface area contributed by atoms with E-state index in [1.54, 1.807) is 0 Å². The summed E-state index contributed by atoms with van der Waals surface area (Å²) >= 11 is 0. The molecule has 9 nitrogen and oxygen atoms in total. The summed E-state index contributed by atoms with van der Waals surface area (Å²) in [6.07, 6.45) is 11.1. The SMILES string of the molecule is CCCCCCCCC(=O)Nc1ccc(S(=O)(=O)O)c(OC(=O)CCCCC)c1NC(=O)CCCCC. The lowest BCUT2D eigenvalue weighted by Gasteiger charge is -2.19. The molecule has 210 valence electrons. The predicted octanol–water partition coefficient (Wildman–Crippen LogP) is 6.63. The number of anilines is 2. The number of benzene rings is 1. The Kier molecular flexibility index (Phi) is 15.8. The fourth-order valence-corrected chi connectivity index (χ4v) is 4.41. The van der Waals surface area contributed by atoms with Crippen molar-refractivity contribution in [3.05, 3.63) is 12.1 Å². The molecule has 1 aromatic rings. The third-order valence-electron chi connectivity index (χ3n) is 5.90.